The topological polar surface area (TPSA) is 43.8 Å². The summed E-state index contributed by atoms with van der Waals surface area (Å²) in [5.74, 6) is 0.986. The fraction of sp³-hybridized carbons (Fsp3) is 0.235. The van der Waals surface area contributed by atoms with Gasteiger partial charge in [-0.05, 0) is 30.5 Å². The monoisotopic (exact) mass is 263 g/mol. The lowest BCUT2D eigenvalue weighted by atomic mass is 10.1. The Labute approximate surface area is 118 Å². The number of fused-ring (bicyclic) bond motifs is 1. The van der Waals surface area contributed by atoms with E-state index in [0.29, 0.717) is 6.04 Å². The zero-order valence-electron chi connectivity index (χ0n) is 11.2. The summed E-state index contributed by atoms with van der Waals surface area (Å²) in [6.07, 6.45) is 2.46. The number of para-hydroxylation sites is 2. The summed E-state index contributed by atoms with van der Waals surface area (Å²) in [6.45, 7) is 0. The van der Waals surface area contributed by atoms with Gasteiger partial charge in [0.05, 0.1) is 17.1 Å². The molecular weight excluding hydrogens is 246 g/mol. The number of nitrogens with zero attached hydrogens (tertiary/aromatic N) is 2. The molecule has 1 aromatic heterocycles. The molecule has 0 saturated heterocycles. The number of hydrogen-bond donors (Lipinski definition) is 1. The summed E-state index contributed by atoms with van der Waals surface area (Å²) >= 11 is 0. The first-order chi connectivity index (χ1) is 9.84. The number of imidazole rings is 1. The van der Waals surface area contributed by atoms with Gasteiger partial charge in [0.1, 0.15) is 5.82 Å². The second kappa shape index (κ2) is 4.46. The molecule has 1 aliphatic carbocycles. The summed E-state index contributed by atoms with van der Waals surface area (Å²) in [5.41, 5.74) is 9.83. The fourth-order valence-corrected chi connectivity index (χ4v) is 2.81. The van der Waals surface area contributed by atoms with Crippen molar-refractivity contribution in [3.8, 4) is 0 Å². The van der Waals surface area contributed by atoms with E-state index in [1.54, 1.807) is 0 Å². The van der Waals surface area contributed by atoms with Gasteiger partial charge in [-0.3, -0.25) is 0 Å². The Kier molecular flexibility index (Phi) is 2.60. The molecule has 20 heavy (non-hydrogen) atoms. The fourth-order valence-electron chi connectivity index (χ4n) is 2.81. The van der Waals surface area contributed by atoms with Crippen LogP contribution in [0.2, 0.25) is 0 Å². The third kappa shape index (κ3) is 1.82. The molecule has 1 heterocycles. The summed E-state index contributed by atoms with van der Waals surface area (Å²) < 4.78 is 2.34. The van der Waals surface area contributed by atoms with Crippen molar-refractivity contribution in [3.63, 3.8) is 0 Å². The van der Waals surface area contributed by atoms with Gasteiger partial charge in [0.25, 0.3) is 0 Å². The van der Waals surface area contributed by atoms with E-state index in [9.17, 15) is 0 Å². The molecule has 1 atom stereocenters. The predicted octanol–water partition coefficient (Wildman–Crippen LogP) is 3.42. The largest absolute Gasteiger partial charge is 0.323 e. The quantitative estimate of drug-likeness (QED) is 0.787. The van der Waals surface area contributed by atoms with Crippen LogP contribution in [0.4, 0.5) is 0 Å². The molecule has 0 radical (unpaired) electrons. The van der Waals surface area contributed by atoms with Gasteiger partial charge in [-0.2, -0.15) is 0 Å². The first kappa shape index (κ1) is 11.7. The summed E-state index contributed by atoms with van der Waals surface area (Å²) in [7, 11) is 0. The van der Waals surface area contributed by atoms with Crippen LogP contribution in [-0.2, 0) is 0 Å². The molecule has 3 aromatic rings. The van der Waals surface area contributed by atoms with E-state index in [-0.39, 0.29) is 6.04 Å². The average Bonchev–Trinajstić information content (AvgIpc) is 3.27. The zero-order chi connectivity index (χ0) is 13.5. The standard InChI is InChI=1S/C17H17N3/c18-16(12-6-2-1-3-7-12)17-19-14-8-4-5-9-15(14)20(17)13-10-11-13/h1-9,13,16H,10-11,18H2/t16-/m1/s1. The summed E-state index contributed by atoms with van der Waals surface area (Å²) in [6, 6.07) is 18.9. The Morgan fingerprint density at radius 2 is 1.70 bits per heavy atom. The van der Waals surface area contributed by atoms with Crippen LogP contribution in [0.15, 0.2) is 54.6 Å². The third-order valence-corrected chi connectivity index (χ3v) is 3.97. The molecule has 0 spiro atoms. The van der Waals surface area contributed by atoms with E-state index >= 15 is 0 Å². The minimum atomic E-state index is -0.163. The molecule has 1 saturated carbocycles. The van der Waals surface area contributed by atoms with E-state index in [0.717, 1.165) is 16.9 Å². The number of nitrogens with two attached hydrogens (primary N) is 1. The number of hydrogen-bond acceptors (Lipinski definition) is 2. The van der Waals surface area contributed by atoms with Gasteiger partial charge in [0, 0.05) is 6.04 Å². The minimum absolute atomic E-state index is 0.163. The van der Waals surface area contributed by atoms with Gasteiger partial charge < -0.3 is 10.3 Å². The maximum atomic E-state index is 6.46. The molecule has 100 valence electrons. The minimum Gasteiger partial charge on any atom is -0.323 e. The second-order valence-electron chi connectivity index (χ2n) is 5.45. The highest BCUT2D eigenvalue weighted by Crippen LogP contribution is 2.40. The molecule has 1 fully saturated rings. The number of rotatable bonds is 3. The van der Waals surface area contributed by atoms with Crippen LogP contribution in [0.5, 0.6) is 0 Å². The molecule has 2 N–H and O–H groups in total. The molecule has 2 aromatic carbocycles. The normalized spacial score (nSPS) is 16.4. The SMILES string of the molecule is N[C@H](c1ccccc1)c1nc2ccccc2n1C1CC1. The predicted molar refractivity (Wildman–Crippen MR) is 80.5 cm³/mol. The van der Waals surface area contributed by atoms with Crippen molar-refractivity contribution in [1.29, 1.82) is 0 Å². The molecular formula is C17H17N3. The lowest BCUT2D eigenvalue weighted by Gasteiger charge is -2.14. The highest BCUT2D eigenvalue weighted by molar-refractivity contribution is 5.76. The van der Waals surface area contributed by atoms with Crippen LogP contribution < -0.4 is 5.73 Å². The van der Waals surface area contributed by atoms with Crippen molar-refractivity contribution in [2.75, 3.05) is 0 Å². The lowest BCUT2D eigenvalue weighted by molar-refractivity contribution is 0.659. The average molecular weight is 263 g/mol. The van der Waals surface area contributed by atoms with E-state index in [2.05, 4.69) is 34.9 Å². The van der Waals surface area contributed by atoms with Crippen molar-refractivity contribution in [2.24, 2.45) is 5.73 Å². The first-order valence-electron chi connectivity index (χ1n) is 7.12. The highest BCUT2D eigenvalue weighted by atomic mass is 15.1. The Morgan fingerprint density at radius 1 is 1.00 bits per heavy atom. The Morgan fingerprint density at radius 3 is 2.45 bits per heavy atom. The summed E-state index contributed by atoms with van der Waals surface area (Å²) in [5, 5.41) is 0. The van der Waals surface area contributed by atoms with Crippen molar-refractivity contribution >= 4 is 11.0 Å². The Bertz CT molecular complexity index is 741. The second-order valence-corrected chi connectivity index (χ2v) is 5.45. The van der Waals surface area contributed by atoms with Gasteiger partial charge >= 0.3 is 0 Å². The van der Waals surface area contributed by atoms with Gasteiger partial charge in [-0.25, -0.2) is 4.98 Å². The van der Waals surface area contributed by atoms with Crippen LogP contribution in [0, 0.1) is 0 Å². The molecule has 3 heteroatoms. The van der Waals surface area contributed by atoms with Crippen LogP contribution in [-0.4, -0.2) is 9.55 Å². The molecule has 0 aliphatic heterocycles. The van der Waals surface area contributed by atoms with Crippen LogP contribution in [0.1, 0.15) is 36.3 Å². The Balaban J connectivity index is 1.89. The molecule has 0 unspecified atom stereocenters. The summed E-state index contributed by atoms with van der Waals surface area (Å²) in [4.78, 5) is 4.79. The van der Waals surface area contributed by atoms with Crippen molar-refractivity contribution in [1.82, 2.24) is 9.55 Å². The van der Waals surface area contributed by atoms with Gasteiger partial charge in [-0.15, -0.1) is 0 Å². The van der Waals surface area contributed by atoms with E-state index in [4.69, 9.17) is 10.7 Å². The molecule has 4 rings (SSSR count). The van der Waals surface area contributed by atoms with Gasteiger partial charge in [0.2, 0.25) is 0 Å². The van der Waals surface area contributed by atoms with Crippen molar-refractivity contribution < 1.29 is 0 Å². The molecule has 0 bridgehead atoms. The molecule has 3 nitrogen and oxygen atoms in total. The molecule has 0 amide bonds. The third-order valence-electron chi connectivity index (χ3n) is 3.97. The number of benzene rings is 2. The maximum Gasteiger partial charge on any atom is 0.131 e. The van der Waals surface area contributed by atoms with E-state index in [1.807, 2.05) is 24.3 Å². The zero-order valence-corrected chi connectivity index (χ0v) is 11.2. The van der Waals surface area contributed by atoms with Crippen LogP contribution in [0.3, 0.4) is 0 Å². The molecule has 1 aliphatic rings. The van der Waals surface area contributed by atoms with Crippen LogP contribution >= 0.6 is 0 Å². The smallest absolute Gasteiger partial charge is 0.131 e. The van der Waals surface area contributed by atoms with E-state index < -0.39 is 0 Å². The highest BCUT2D eigenvalue weighted by Gasteiger charge is 2.30. The first-order valence-corrected chi connectivity index (χ1v) is 7.12. The van der Waals surface area contributed by atoms with E-state index in [1.165, 1.54) is 18.4 Å². The van der Waals surface area contributed by atoms with Crippen molar-refractivity contribution in [3.05, 3.63) is 66.0 Å². The van der Waals surface area contributed by atoms with Gasteiger partial charge in [0.15, 0.2) is 0 Å². The maximum absolute atomic E-state index is 6.46. The lowest BCUT2D eigenvalue weighted by Crippen LogP contribution is -2.17. The van der Waals surface area contributed by atoms with Gasteiger partial charge in [-0.1, -0.05) is 42.5 Å². The number of aromatic nitrogens is 2. The van der Waals surface area contributed by atoms with Crippen LogP contribution in [0.25, 0.3) is 11.0 Å². The Hall–Kier alpha value is -2.13. The van der Waals surface area contributed by atoms with Crippen molar-refractivity contribution in [2.45, 2.75) is 24.9 Å².